The maximum absolute atomic E-state index is 12.3. The lowest BCUT2D eigenvalue weighted by Crippen LogP contribution is -2.67. The number of benzene rings is 1. The second kappa shape index (κ2) is 8.40. The van der Waals surface area contributed by atoms with Gasteiger partial charge >= 0.3 is 0 Å². The van der Waals surface area contributed by atoms with Crippen molar-refractivity contribution in [2.24, 2.45) is 12.5 Å². The van der Waals surface area contributed by atoms with Crippen molar-refractivity contribution in [3.63, 3.8) is 0 Å². The minimum atomic E-state index is -0.350. The van der Waals surface area contributed by atoms with Crippen molar-refractivity contribution in [2.45, 2.75) is 65.2 Å². The molecule has 0 atom stereocenters. The molecule has 1 spiro atoms. The molecule has 5 heterocycles. The number of rotatable bonds is 3. The number of likely N-dealkylation sites (tertiary alicyclic amines) is 1. The Kier molecular flexibility index (Phi) is 5.51. The molecule has 3 aliphatic heterocycles. The van der Waals surface area contributed by atoms with Crippen molar-refractivity contribution in [1.82, 2.24) is 19.7 Å². The highest BCUT2D eigenvalue weighted by Crippen LogP contribution is 2.54. The van der Waals surface area contributed by atoms with E-state index in [4.69, 9.17) is 9.72 Å². The van der Waals surface area contributed by atoms with E-state index in [-0.39, 0.29) is 22.5 Å². The summed E-state index contributed by atoms with van der Waals surface area (Å²) in [7, 11) is 1.95. The zero-order valence-corrected chi connectivity index (χ0v) is 23.8. The molecule has 3 aromatic rings. The third kappa shape index (κ3) is 3.56. The van der Waals surface area contributed by atoms with Gasteiger partial charge in [0.2, 0.25) is 5.91 Å². The monoisotopic (exact) mass is 524 g/mol. The third-order valence-electron chi connectivity index (χ3n) is 9.55. The van der Waals surface area contributed by atoms with E-state index in [0.29, 0.717) is 31.7 Å². The van der Waals surface area contributed by atoms with Crippen LogP contribution in [-0.4, -0.2) is 56.3 Å². The van der Waals surface area contributed by atoms with Crippen molar-refractivity contribution in [3.8, 4) is 17.2 Å². The van der Waals surface area contributed by atoms with E-state index >= 15 is 0 Å². The lowest BCUT2D eigenvalue weighted by Gasteiger charge is -2.56. The Morgan fingerprint density at radius 2 is 1.95 bits per heavy atom. The van der Waals surface area contributed by atoms with E-state index < -0.39 is 0 Å². The van der Waals surface area contributed by atoms with Crippen molar-refractivity contribution < 1.29 is 9.53 Å². The minimum absolute atomic E-state index is 0.0243. The molecule has 202 valence electrons. The Morgan fingerprint density at radius 1 is 1.21 bits per heavy atom. The summed E-state index contributed by atoms with van der Waals surface area (Å²) in [5, 5.41) is 16.4. The molecule has 0 unspecified atom stereocenters. The fourth-order valence-corrected chi connectivity index (χ4v) is 7.02. The van der Waals surface area contributed by atoms with Gasteiger partial charge in [-0.1, -0.05) is 18.7 Å². The van der Waals surface area contributed by atoms with Gasteiger partial charge in [0.05, 0.1) is 29.6 Å². The number of nitrogens with zero attached hydrogens (tertiary/aromatic N) is 6. The molecular formula is C31H36N6O2. The van der Waals surface area contributed by atoms with Crippen LogP contribution in [0.4, 0.5) is 5.82 Å². The van der Waals surface area contributed by atoms with Gasteiger partial charge in [0.15, 0.2) is 0 Å². The Bertz CT molecular complexity index is 1580. The molecule has 2 aromatic heterocycles. The van der Waals surface area contributed by atoms with Crippen LogP contribution in [0.15, 0.2) is 31.0 Å². The van der Waals surface area contributed by atoms with Gasteiger partial charge in [0, 0.05) is 66.1 Å². The second-order valence-corrected chi connectivity index (χ2v) is 12.6. The number of aryl methyl sites for hydroxylation is 2. The Hall–Kier alpha value is -3.70. The van der Waals surface area contributed by atoms with Gasteiger partial charge in [-0.25, -0.2) is 4.98 Å². The number of fused-ring (bicyclic) bond motifs is 2. The molecule has 2 saturated heterocycles. The number of amides is 1. The lowest BCUT2D eigenvalue weighted by atomic mass is 9.66. The number of aromatic nitrogens is 3. The Balaban J connectivity index is 1.58. The maximum atomic E-state index is 12.3. The number of hydrogen-bond donors (Lipinski definition) is 0. The zero-order chi connectivity index (χ0) is 27.9. The summed E-state index contributed by atoms with van der Waals surface area (Å²) in [5.74, 6) is 0.710. The van der Waals surface area contributed by atoms with Crippen molar-refractivity contribution in [2.75, 3.05) is 24.5 Å². The molecule has 3 aliphatic rings. The van der Waals surface area contributed by atoms with Crippen LogP contribution in [-0.2, 0) is 29.6 Å². The Morgan fingerprint density at radius 3 is 2.64 bits per heavy atom. The minimum Gasteiger partial charge on any atom is -0.370 e. The number of hydrogen-bond acceptors (Lipinski definition) is 6. The smallest absolute Gasteiger partial charge is 0.245 e. The van der Waals surface area contributed by atoms with Crippen LogP contribution in [0.5, 0.6) is 0 Å². The first-order valence-electron chi connectivity index (χ1n) is 13.6. The van der Waals surface area contributed by atoms with Crippen molar-refractivity contribution in [1.29, 1.82) is 5.26 Å². The number of carbonyl (C=O) groups excluding carboxylic acids is 1. The molecular weight excluding hydrogens is 488 g/mol. The zero-order valence-electron chi connectivity index (χ0n) is 23.8. The molecule has 1 aromatic carbocycles. The van der Waals surface area contributed by atoms with Crippen LogP contribution < -0.4 is 4.90 Å². The standard InChI is InChI=1S/C31H36N6O2/c1-8-24(38)36-17-31(18-36)11-12-37(30(31,5)6)28-21(14-32)26(22-16-39-29(3,4)13-23(22)34-28)25-19(2)9-10-20-15-33-35(7)27(20)25/h8-10,15H,1,11-13,16-18H2,2-7H3. The van der Waals surface area contributed by atoms with Crippen LogP contribution >= 0.6 is 0 Å². The van der Waals surface area contributed by atoms with Gasteiger partial charge in [0.1, 0.15) is 17.5 Å². The molecule has 39 heavy (non-hydrogen) atoms. The van der Waals surface area contributed by atoms with Crippen LogP contribution in [0, 0.1) is 23.7 Å². The molecule has 6 rings (SSSR count). The Labute approximate surface area is 229 Å². The summed E-state index contributed by atoms with van der Waals surface area (Å²) < 4.78 is 8.19. The van der Waals surface area contributed by atoms with E-state index in [9.17, 15) is 10.1 Å². The average molecular weight is 525 g/mol. The highest BCUT2D eigenvalue weighted by Gasteiger charge is 2.61. The predicted molar refractivity (Wildman–Crippen MR) is 151 cm³/mol. The summed E-state index contributed by atoms with van der Waals surface area (Å²) in [6.07, 6.45) is 4.86. The van der Waals surface area contributed by atoms with Gasteiger partial charge in [-0.3, -0.25) is 9.48 Å². The summed E-state index contributed by atoms with van der Waals surface area (Å²) >= 11 is 0. The highest BCUT2D eigenvalue weighted by molar-refractivity contribution is 5.99. The van der Waals surface area contributed by atoms with Crippen LogP contribution in [0.1, 0.15) is 56.5 Å². The van der Waals surface area contributed by atoms with Gasteiger partial charge < -0.3 is 14.5 Å². The first-order valence-corrected chi connectivity index (χ1v) is 13.6. The summed E-state index contributed by atoms with van der Waals surface area (Å²) in [6, 6.07) is 6.78. The molecule has 0 saturated carbocycles. The lowest BCUT2D eigenvalue weighted by molar-refractivity contribution is -0.140. The van der Waals surface area contributed by atoms with Gasteiger partial charge in [-0.2, -0.15) is 10.4 Å². The van der Waals surface area contributed by atoms with E-state index in [1.807, 2.05) is 22.8 Å². The van der Waals surface area contributed by atoms with Crippen molar-refractivity contribution >= 4 is 22.6 Å². The fourth-order valence-electron chi connectivity index (χ4n) is 7.02. The summed E-state index contributed by atoms with van der Waals surface area (Å²) in [4.78, 5) is 21.7. The SMILES string of the molecule is C=CC(=O)N1CC2(CCN(c3nc4c(c(-c5c(C)ccc6cnn(C)c56)c3C#N)COC(C)(C)C4)C2(C)C)C1. The van der Waals surface area contributed by atoms with Crippen LogP contribution in [0.2, 0.25) is 0 Å². The third-order valence-corrected chi connectivity index (χ3v) is 9.55. The number of pyridine rings is 1. The van der Waals surface area contributed by atoms with Crippen molar-refractivity contribution in [3.05, 3.63) is 53.4 Å². The fraction of sp³-hybridized carbons (Fsp3) is 0.484. The molecule has 0 N–H and O–H groups in total. The van der Waals surface area contributed by atoms with Gasteiger partial charge in [-0.15, -0.1) is 0 Å². The first-order chi connectivity index (χ1) is 18.4. The molecule has 0 bridgehead atoms. The van der Waals surface area contributed by atoms with E-state index in [0.717, 1.165) is 57.6 Å². The molecule has 1 amide bonds. The quantitative estimate of drug-likeness (QED) is 0.463. The molecule has 0 aliphatic carbocycles. The van der Waals surface area contributed by atoms with Gasteiger partial charge in [-0.05, 0) is 52.7 Å². The second-order valence-electron chi connectivity index (χ2n) is 12.6. The normalized spacial score (nSPS) is 20.5. The molecule has 0 radical (unpaired) electrons. The summed E-state index contributed by atoms with van der Waals surface area (Å²) in [5.41, 5.74) is 5.87. The van der Waals surface area contributed by atoms with E-state index in [1.54, 1.807) is 0 Å². The number of nitriles is 1. The number of ether oxygens (including phenoxy) is 1. The molecule has 8 nitrogen and oxygen atoms in total. The first kappa shape index (κ1) is 25.6. The number of carbonyl (C=O) groups is 1. The summed E-state index contributed by atoms with van der Waals surface area (Å²) in [6.45, 7) is 17.0. The van der Waals surface area contributed by atoms with Gasteiger partial charge in [0.25, 0.3) is 0 Å². The molecule has 8 heteroatoms. The van der Waals surface area contributed by atoms with E-state index in [1.165, 1.54) is 6.08 Å². The maximum Gasteiger partial charge on any atom is 0.245 e. The largest absolute Gasteiger partial charge is 0.370 e. The predicted octanol–water partition coefficient (Wildman–Crippen LogP) is 4.67. The average Bonchev–Trinajstić information content (AvgIpc) is 3.37. The number of anilines is 1. The van der Waals surface area contributed by atoms with E-state index in [2.05, 4.69) is 69.4 Å². The molecule has 2 fully saturated rings. The van der Waals surface area contributed by atoms with Crippen LogP contribution in [0.3, 0.4) is 0 Å². The topological polar surface area (TPSA) is 87.3 Å². The highest BCUT2D eigenvalue weighted by atomic mass is 16.5. The van der Waals surface area contributed by atoms with Crippen LogP contribution in [0.25, 0.3) is 22.0 Å².